The second kappa shape index (κ2) is 8.05. The minimum Gasteiger partial charge on any atom is -0.274 e. The van der Waals surface area contributed by atoms with Gasteiger partial charge in [0.2, 0.25) is 15.9 Å². The molecule has 0 saturated heterocycles. The van der Waals surface area contributed by atoms with Crippen molar-refractivity contribution in [2.75, 3.05) is 0 Å². The van der Waals surface area contributed by atoms with E-state index >= 15 is 0 Å². The summed E-state index contributed by atoms with van der Waals surface area (Å²) < 4.78 is 26.0. The van der Waals surface area contributed by atoms with Gasteiger partial charge in [-0.2, -0.15) is 0 Å². The number of benzene rings is 1. The number of amides is 1. The Morgan fingerprint density at radius 2 is 1.78 bits per heavy atom. The number of sulfonamides is 1. The third kappa shape index (κ3) is 7.23. The van der Waals surface area contributed by atoms with E-state index in [-0.39, 0.29) is 18.0 Å². The van der Waals surface area contributed by atoms with Crippen molar-refractivity contribution in [3.05, 3.63) is 39.9 Å². The number of rotatable bonds is 8. The van der Waals surface area contributed by atoms with Crippen molar-refractivity contribution in [1.82, 2.24) is 4.72 Å². The summed E-state index contributed by atoms with van der Waals surface area (Å²) in [4.78, 5) is 21.8. The fourth-order valence-corrected chi connectivity index (χ4v) is 3.52. The first kappa shape index (κ1) is 19.1. The van der Waals surface area contributed by atoms with Gasteiger partial charge in [-0.15, -0.1) is 0 Å². The number of hydrogen-bond acceptors (Lipinski definition) is 5. The van der Waals surface area contributed by atoms with Gasteiger partial charge in [-0.25, -0.2) is 8.42 Å². The second-order valence-corrected chi connectivity index (χ2v) is 7.87. The Labute approximate surface area is 136 Å². The van der Waals surface area contributed by atoms with Crippen LogP contribution in [0.5, 0.6) is 0 Å². The average molecular weight is 342 g/mol. The lowest BCUT2D eigenvalue weighted by Crippen LogP contribution is -2.32. The van der Waals surface area contributed by atoms with Crippen molar-refractivity contribution in [3.63, 3.8) is 0 Å². The van der Waals surface area contributed by atoms with Crippen molar-refractivity contribution < 1.29 is 18.1 Å². The molecule has 1 unspecified atom stereocenters. The normalized spacial score (nSPS) is 12.9. The molecule has 0 radical (unpaired) electrons. The lowest BCUT2D eigenvalue weighted by atomic mass is 9.96. The lowest BCUT2D eigenvalue weighted by molar-refractivity contribution is -0.384. The van der Waals surface area contributed by atoms with Gasteiger partial charge in [-0.05, 0) is 23.8 Å². The molecule has 1 N–H and O–H groups in total. The van der Waals surface area contributed by atoms with Gasteiger partial charge in [0.25, 0.3) is 5.69 Å². The number of carbonyl (C=O) groups excluding carboxylic acids is 1. The van der Waals surface area contributed by atoms with E-state index in [0.717, 1.165) is 6.42 Å². The number of nitrogens with one attached hydrogen (secondary N) is 1. The minimum absolute atomic E-state index is 0.101. The van der Waals surface area contributed by atoms with Gasteiger partial charge < -0.3 is 0 Å². The van der Waals surface area contributed by atoms with Crippen LogP contribution in [-0.4, -0.2) is 19.2 Å². The molecule has 7 nitrogen and oxygen atoms in total. The smallest absolute Gasteiger partial charge is 0.269 e. The Hall–Kier alpha value is -1.96. The SMILES string of the molecule is CC(C)CC(C)CC(=O)NS(=O)(=O)Cc1ccc([N+](=O)[O-])cc1. The summed E-state index contributed by atoms with van der Waals surface area (Å²) in [7, 11) is -3.81. The van der Waals surface area contributed by atoms with E-state index in [4.69, 9.17) is 0 Å². The van der Waals surface area contributed by atoms with Gasteiger partial charge >= 0.3 is 0 Å². The summed E-state index contributed by atoms with van der Waals surface area (Å²) >= 11 is 0. The molecule has 128 valence electrons. The summed E-state index contributed by atoms with van der Waals surface area (Å²) in [6.45, 7) is 5.99. The molecule has 1 aromatic carbocycles. The van der Waals surface area contributed by atoms with Gasteiger partial charge in [0.15, 0.2) is 0 Å². The Kier molecular flexibility index (Phi) is 6.68. The first-order chi connectivity index (χ1) is 10.6. The van der Waals surface area contributed by atoms with Gasteiger partial charge in [0.1, 0.15) is 0 Å². The van der Waals surface area contributed by atoms with Gasteiger partial charge in [0, 0.05) is 18.6 Å². The largest absolute Gasteiger partial charge is 0.274 e. The third-order valence-corrected chi connectivity index (χ3v) is 4.43. The minimum atomic E-state index is -3.81. The second-order valence-electron chi connectivity index (χ2n) is 6.15. The number of hydrogen-bond donors (Lipinski definition) is 1. The van der Waals surface area contributed by atoms with Crippen molar-refractivity contribution in [1.29, 1.82) is 0 Å². The maximum Gasteiger partial charge on any atom is 0.269 e. The highest BCUT2D eigenvalue weighted by Gasteiger charge is 2.18. The molecular formula is C15H22N2O5S. The molecule has 1 atom stereocenters. The van der Waals surface area contributed by atoms with Crippen LogP contribution in [0.2, 0.25) is 0 Å². The molecule has 0 fully saturated rings. The van der Waals surface area contributed by atoms with Crippen molar-refractivity contribution >= 4 is 21.6 Å². The third-order valence-electron chi connectivity index (χ3n) is 3.18. The van der Waals surface area contributed by atoms with E-state index in [1.54, 1.807) is 0 Å². The molecule has 23 heavy (non-hydrogen) atoms. The zero-order valence-corrected chi connectivity index (χ0v) is 14.3. The van der Waals surface area contributed by atoms with Crippen molar-refractivity contribution in [3.8, 4) is 0 Å². The topological polar surface area (TPSA) is 106 Å². The molecule has 8 heteroatoms. The number of nitro benzene ring substituents is 1. The Balaban J connectivity index is 2.61. The van der Waals surface area contributed by atoms with E-state index in [9.17, 15) is 23.3 Å². The monoisotopic (exact) mass is 342 g/mol. The fraction of sp³-hybridized carbons (Fsp3) is 0.533. The Morgan fingerprint density at radius 1 is 1.22 bits per heavy atom. The molecule has 0 saturated carbocycles. The highest BCUT2D eigenvalue weighted by Crippen LogP contribution is 2.16. The molecule has 0 aliphatic heterocycles. The van der Waals surface area contributed by atoms with Crippen molar-refractivity contribution in [2.24, 2.45) is 11.8 Å². The number of nitro groups is 1. The predicted octanol–water partition coefficient (Wildman–Crippen LogP) is 2.61. The van der Waals surface area contributed by atoms with Crippen LogP contribution in [0.3, 0.4) is 0 Å². The zero-order chi connectivity index (χ0) is 17.6. The quantitative estimate of drug-likeness (QED) is 0.577. The summed E-state index contributed by atoms with van der Waals surface area (Å²) in [5, 5.41) is 10.6. The van der Waals surface area contributed by atoms with E-state index < -0.39 is 26.6 Å². The van der Waals surface area contributed by atoms with E-state index in [1.165, 1.54) is 24.3 Å². The molecule has 1 rings (SSSR count). The molecule has 0 bridgehead atoms. The molecule has 1 amide bonds. The van der Waals surface area contributed by atoms with Crippen LogP contribution in [0.15, 0.2) is 24.3 Å². The van der Waals surface area contributed by atoms with Crippen LogP contribution in [0, 0.1) is 22.0 Å². The van der Waals surface area contributed by atoms with Gasteiger partial charge in [-0.1, -0.05) is 32.9 Å². The van der Waals surface area contributed by atoms with Crippen LogP contribution in [0.4, 0.5) is 5.69 Å². The standard InChI is InChI=1S/C15H22N2O5S/c1-11(2)8-12(3)9-15(18)16-23(21,22)10-13-4-6-14(7-5-13)17(19)20/h4-7,11-12H,8-10H2,1-3H3,(H,16,18). The summed E-state index contributed by atoms with van der Waals surface area (Å²) in [5.74, 6) is -0.380. The highest BCUT2D eigenvalue weighted by molar-refractivity contribution is 7.89. The van der Waals surface area contributed by atoms with Crippen LogP contribution < -0.4 is 4.72 Å². The Morgan fingerprint density at radius 3 is 2.26 bits per heavy atom. The molecule has 0 spiro atoms. The lowest BCUT2D eigenvalue weighted by Gasteiger charge is -2.13. The molecule has 0 heterocycles. The predicted molar refractivity (Wildman–Crippen MR) is 87.1 cm³/mol. The summed E-state index contributed by atoms with van der Waals surface area (Å²) in [6.07, 6.45) is 0.994. The maximum absolute atomic E-state index is 12.0. The van der Waals surface area contributed by atoms with Crippen molar-refractivity contribution in [2.45, 2.75) is 39.4 Å². The van der Waals surface area contributed by atoms with Gasteiger partial charge in [0.05, 0.1) is 10.7 Å². The summed E-state index contributed by atoms with van der Waals surface area (Å²) in [5.41, 5.74) is 0.267. The molecule has 0 aliphatic rings. The summed E-state index contributed by atoms with van der Waals surface area (Å²) in [6, 6.07) is 5.20. The van der Waals surface area contributed by atoms with Crippen LogP contribution in [0.25, 0.3) is 0 Å². The zero-order valence-electron chi connectivity index (χ0n) is 13.5. The number of non-ortho nitro benzene ring substituents is 1. The highest BCUT2D eigenvalue weighted by atomic mass is 32.2. The molecule has 1 aromatic rings. The first-order valence-electron chi connectivity index (χ1n) is 7.35. The number of nitrogens with zero attached hydrogens (tertiary/aromatic N) is 1. The molecule has 0 aromatic heterocycles. The van der Waals surface area contributed by atoms with E-state index in [0.29, 0.717) is 11.5 Å². The Bertz CT molecular complexity index is 653. The fourth-order valence-electron chi connectivity index (χ4n) is 2.39. The van der Waals surface area contributed by atoms with Crippen LogP contribution >= 0.6 is 0 Å². The van der Waals surface area contributed by atoms with Crippen LogP contribution in [-0.2, 0) is 20.6 Å². The first-order valence-corrected chi connectivity index (χ1v) is 9.01. The van der Waals surface area contributed by atoms with Gasteiger partial charge in [-0.3, -0.25) is 19.6 Å². The number of carbonyl (C=O) groups is 1. The molecule has 0 aliphatic carbocycles. The van der Waals surface area contributed by atoms with E-state index in [2.05, 4.69) is 0 Å². The van der Waals surface area contributed by atoms with E-state index in [1.807, 2.05) is 25.5 Å². The molecular weight excluding hydrogens is 320 g/mol. The van der Waals surface area contributed by atoms with Crippen LogP contribution in [0.1, 0.15) is 39.2 Å². The maximum atomic E-state index is 12.0. The average Bonchev–Trinajstić information content (AvgIpc) is 2.36.